The molecule has 1 aromatic carbocycles. The topological polar surface area (TPSA) is 21.7 Å². The van der Waals surface area contributed by atoms with Gasteiger partial charge in [0.15, 0.2) is 11.5 Å². The number of likely N-dealkylation sites (tertiary alicyclic amines) is 1. The van der Waals surface area contributed by atoms with E-state index < -0.39 is 0 Å². The molecule has 0 aliphatic carbocycles. The Morgan fingerprint density at radius 3 is 2.70 bits per heavy atom. The molecule has 0 radical (unpaired) electrons. The fourth-order valence-electron chi connectivity index (χ4n) is 3.66. The summed E-state index contributed by atoms with van der Waals surface area (Å²) in [7, 11) is 0. The highest BCUT2D eigenvalue weighted by Crippen LogP contribution is 2.36. The second-order valence-electron chi connectivity index (χ2n) is 8.97. The van der Waals surface area contributed by atoms with Gasteiger partial charge >= 0.3 is 0 Å². The molecule has 0 saturated carbocycles. The summed E-state index contributed by atoms with van der Waals surface area (Å²) in [6.07, 6.45) is 2.74. The Morgan fingerprint density at radius 2 is 2.00 bits per heavy atom. The van der Waals surface area contributed by atoms with Crippen LogP contribution in [0.15, 0.2) is 18.2 Å². The van der Waals surface area contributed by atoms with Crippen molar-refractivity contribution in [2.75, 3.05) is 26.2 Å². The van der Waals surface area contributed by atoms with Gasteiger partial charge in [-0.2, -0.15) is 0 Å². The Hall–Kier alpha value is -1.22. The Kier molecular flexibility index (Phi) is 4.35. The predicted octanol–water partition coefficient (Wildman–Crippen LogP) is 4.25. The van der Waals surface area contributed by atoms with E-state index in [1.807, 2.05) is 0 Å². The Morgan fingerprint density at radius 1 is 1.22 bits per heavy atom. The van der Waals surface area contributed by atoms with E-state index in [9.17, 15) is 0 Å². The first kappa shape index (κ1) is 16.6. The number of piperidine rings is 1. The zero-order valence-corrected chi connectivity index (χ0v) is 15.3. The molecule has 2 heterocycles. The molecule has 3 heteroatoms. The van der Waals surface area contributed by atoms with Crippen LogP contribution in [0.2, 0.25) is 0 Å². The first-order valence-electron chi connectivity index (χ1n) is 8.89. The molecule has 1 saturated heterocycles. The molecule has 3 nitrogen and oxygen atoms in total. The van der Waals surface area contributed by atoms with Crippen LogP contribution in [0.1, 0.15) is 53.0 Å². The maximum Gasteiger partial charge on any atom is 0.162 e. The van der Waals surface area contributed by atoms with Gasteiger partial charge in [0, 0.05) is 13.1 Å². The van der Waals surface area contributed by atoms with Crippen LogP contribution in [0, 0.1) is 5.41 Å². The van der Waals surface area contributed by atoms with E-state index in [-0.39, 0.29) is 11.5 Å². The van der Waals surface area contributed by atoms with Crippen molar-refractivity contribution in [2.45, 2.75) is 59.0 Å². The number of fused-ring (bicyclic) bond motifs is 1. The zero-order valence-electron chi connectivity index (χ0n) is 15.3. The standard InChI is InChI=1S/C20H31NO2/c1-19(2,3)15-7-8-17-18(11-15)23-16(13-22-17)12-21-10-6-9-20(4,5)14-21/h7-8,11,16H,6,9-10,12-14H2,1-5H3. The highest BCUT2D eigenvalue weighted by Gasteiger charge is 2.30. The van der Waals surface area contributed by atoms with Crippen molar-refractivity contribution < 1.29 is 9.47 Å². The Bertz CT molecular complexity index is 559. The van der Waals surface area contributed by atoms with Gasteiger partial charge in [-0.25, -0.2) is 0 Å². The van der Waals surface area contributed by atoms with Crippen LogP contribution in [0.25, 0.3) is 0 Å². The largest absolute Gasteiger partial charge is 0.486 e. The molecule has 23 heavy (non-hydrogen) atoms. The smallest absolute Gasteiger partial charge is 0.162 e. The molecule has 0 N–H and O–H groups in total. The summed E-state index contributed by atoms with van der Waals surface area (Å²) in [5, 5.41) is 0. The predicted molar refractivity (Wildman–Crippen MR) is 94.5 cm³/mol. The highest BCUT2D eigenvalue weighted by atomic mass is 16.6. The SMILES string of the molecule is CC1(C)CCCN(CC2COc3ccc(C(C)(C)C)cc3O2)C1. The summed E-state index contributed by atoms with van der Waals surface area (Å²) in [4.78, 5) is 2.54. The number of nitrogens with zero attached hydrogens (tertiary/aromatic N) is 1. The van der Waals surface area contributed by atoms with Crippen molar-refractivity contribution in [1.29, 1.82) is 0 Å². The van der Waals surface area contributed by atoms with Crippen molar-refractivity contribution in [1.82, 2.24) is 4.90 Å². The fraction of sp³-hybridized carbons (Fsp3) is 0.700. The van der Waals surface area contributed by atoms with Crippen molar-refractivity contribution in [2.24, 2.45) is 5.41 Å². The summed E-state index contributed by atoms with van der Waals surface area (Å²) >= 11 is 0. The molecule has 2 aliphatic rings. The molecule has 1 atom stereocenters. The van der Waals surface area contributed by atoms with Gasteiger partial charge in [0.05, 0.1) is 0 Å². The first-order chi connectivity index (χ1) is 10.7. The normalized spacial score (nSPS) is 24.5. The quantitative estimate of drug-likeness (QED) is 0.814. The number of rotatable bonds is 2. The highest BCUT2D eigenvalue weighted by molar-refractivity contribution is 5.45. The Balaban J connectivity index is 1.67. The minimum atomic E-state index is 0.127. The number of benzene rings is 1. The van der Waals surface area contributed by atoms with Crippen molar-refractivity contribution in [3.8, 4) is 11.5 Å². The third-order valence-electron chi connectivity index (χ3n) is 4.97. The van der Waals surface area contributed by atoms with Crippen LogP contribution in [-0.4, -0.2) is 37.2 Å². The van der Waals surface area contributed by atoms with Gasteiger partial charge in [0.1, 0.15) is 12.7 Å². The number of hydrogen-bond donors (Lipinski definition) is 0. The second kappa shape index (κ2) is 6.01. The van der Waals surface area contributed by atoms with Crippen LogP contribution >= 0.6 is 0 Å². The lowest BCUT2D eigenvalue weighted by Gasteiger charge is -2.40. The van der Waals surface area contributed by atoms with Gasteiger partial charge in [-0.05, 0) is 47.9 Å². The van der Waals surface area contributed by atoms with Gasteiger partial charge in [0.2, 0.25) is 0 Å². The molecule has 1 fully saturated rings. The van der Waals surface area contributed by atoms with Gasteiger partial charge in [-0.15, -0.1) is 0 Å². The van der Waals surface area contributed by atoms with Crippen molar-refractivity contribution in [3.05, 3.63) is 23.8 Å². The number of hydrogen-bond acceptors (Lipinski definition) is 3. The zero-order chi connectivity index (χ0) is 16.7. The summed E-state index contributed by atoms with van der Waals surface area (Å²) < 4.78 is 12.2. The van der Waals surface area contributed by atoms with E-state index >= 15 is 0 Å². The van der Waals surface area contributed by atoms with E-state index in [4.69, 9.17) is 9.47 Å². The minimum Gasteiger partial charge on any atom is -0.486 e. The maximum absolute atomic E-state index is 6.27. The van der Waals surface area contributed by atoms with E-state index in [2.05, 4.69) is 57.7 Å². The van der Waals surface area contributed by atoms with E-state index in [1.54, 1.807) is 0 Å². The van der Waals surface area contributed by atoms with E-state index in [0.29, 0.717) is 12.0 Å². The van der Waals surface area contributed by atoms with Crippen LogP contribution in [0.3, 0.4) is 0 Å². The van der Waals surface area contributed by atoms with Gasteiger partial charge in [-0.3, -0.25) is 4.90 Å². The van der Waals surface area contributed by atoms with E-state index in [0.717, 1.165) is 24.6 Å². The molecule has 0 spiro atoms. The third kappa shape index (κ3) is 4.00. The minimum absolute atomic E-state index is 0.127. The molecule has 3 rings (SSSR count). The maximum atomic E-state index is 6.27. The molecule has 128 valence electrons. The summed E-state index contributed by atoms with van der Waals surface area (Å²) in [6, 6.07) is 6.35. The Labute approximate surface area is 141 Å². The average Bonchev–Trinajstić information content (AvgIpc) is 2.44. The summed E-state index contributed by atoms with van der Waals surface area (Å²) in [5.74, 6) is 1.79. The molecule has 0 aromatic heterocycles. The van der Waals surface area contributed by atoms with Crippen LogP contribution in [0.5, 0.6) is 11.5 Å². The molecule has 0 amide bonds. The lowest BCUT2D eigenvalue weighted by atomic mass is 9.84. The van der Waals surface area contributed by atoms with Gasteiger partial charge in [-0.1, -0.05) is 40.7 Å². The lowest BCUT2D eigenvalue weighted by Crippen LogP contribution is -2.47. The molecular weight excluding hydrogens is 286 g/mol. The molecular formula is C20H31NO2. The first-order valence-corrected chi connectivity index (χ1v) is 8.89. The molecule has 2 aliphatic heterocycles. The van der Waals surface area contributed by atoms with Crippen molar-refractivity contribution in [3.63, 3.8) is 0 Å². The van der Waals surface area contributed by atoms with Crippen LogP contribution < -0.4 is 9.47 Å². The lowest BCUT2D eigenvalue weighted by molar-refractivity contribution is 0.0318. The number of ether oxygens (including phenoxy) is 2. The molecule has 1 aromatic rings. The van der Waals surface area contributed by atoms with Gasteiger partial charge in [0.25, 0.3) is 0 Å². The van der Waals surface area contributed by atoms with E-state index in [1.165, 1.54) is 24.9 Å². The van der Waals surface area contributed by atoms with Crippen LogP contribution in [0.4, 0.5) is 0 Å². The molecule has 1 unspecified atom stereocenters. The van der Waals surface area contributed by atoms with Gasteiger partial charge < -0.3 is 9.47 Å². The summed E-state index contributed by atoms with van der Waals surface area (Å²) in [6.45, 7) is 15.4. The average molecular weight is 317 g/mol. The second-order valence-corrected chi connectivity index (χ2v) is 8.97. The van der Waals surface area contributed by atoms with Crippen molar-refractivity contribution >= 4 is 0 Å². The summed E-state index contributed by atoms with van der Waals surface area (Å²) in [5.41, 5.74) is 1.84. The monoisotopic (exact) mass is 317 g/mol. The molecule has 0 bridgehead atoms. The fourth-order valence-corrected chi connectivity index (χ4v) is 3.66. The van der Waals surface area contributed by atoms with Crippen LogP contribution in [-0.2, 0) is 5.41 Å². The third-order valence-corrected chi connectivity index (χ3v) is 4.97.